The van der Waals surface area contributed by atoms with E-state index in [9.17, 15) is 4.79 Å². The molecule has 0 bridgehead atoms. The fourth-order valence-electron chi connectivity index (χ4n) is 1.84. The summed E-state index contributed by atoms with van der Waals surface area (Å²) in [6.45, 7) is 0. The molecular formula is C11H6N4O. The molecule has 2 aromatic heterocycles. The molecule has 5 nitrogen and oxygen atoms in total. The average molecular weight is 210 g/mol. The van der Waals surface area contributed by atoms with Crippen molar-refractivity contribution >= 4 is 21.9 Å². The third-order valence-electron chi connectivity index (χ3n) is 2.53. The SMILES string of the molecule is N#Cc1cccc2[nH]c3c(=O)[nH]cnc3c12. The topological polar surface area (TPSA) is 85.3 Å². The maximum atomic E-state index is 11.5. The van der Waals surface area contributed by atoms with Crippen LogP contribution in [0.4, 0.5) is 0 Å². The number of fused-ring (bicyclic) bond motifs is 3. The fourth-order valence-corrected chi connectivity index (χ4v) is 1.84. The van der Waals surface area contributed by atoms with Crippen LogP contribution in [-0.2, 0) is 0 Å². The number of nitriles is 1. The van der Waals surface area contributed by atoms with Crippen molar-refractivity contribution in [2.75, 3.05) is 0 Å². The van der Waals surface area contributed by atoms with Crippen molar-refractivity contribution in [2.24, 2.45) is 0 Å². The summed E-state index contributed by atoms with van der Waals surface area (Å²) in [6, 6.07) is 7.39. The van der Waals surface area contributed by atoms with Gasteiger partial charge in [0.25, 0.3) is 5.56 Å². The summed E-state index contributed by atoms with van der Waals surface area (Å²) in [4.78, 5) is 21.1. The van der Waals surface area contributed by atoms with Crippen molar-refractivity contribution in [3.63, 3.8) is 0 Å². The van der Waals surface area contributed by atoms with Gasteiger partial charge in [-0.1, -0.05) is 6.07 Å². The molecule has 0 saturated carbocycles. The van der Waals surface area contributed by atoms with Gasteiger partial charge in [-0.25, -0.2) is 4.98 Å². The Hall–Kier alpha value is -2.61. The van der Waals surface area contributed by atoms with Crippen molar-refractivity contribution in [3.8, 4) is 6.07 Å². The molecule has 0 unspecified atom stereocenters. The second-order valence-electron chi connectivity index (χ2n) is 3.42. The smallest absolute Gasteiger partial charge is 0.275 e. The van der Waals surface area contributed by atoms with Crippen molar-refractivity contribution < 1.29 is 0 Å². The average Bonchev–Trinajstić information content (AvgIpc) is 2.69. The number of hydrogen-bond donors (Lipinski definition) is 2. The molecule has 3 rings (SSSR count). The van der Waals surface area contributed by atoms with E-state index in [1.165, 1.54) is 6.33 Å². The van der Waals surface area contributed by atoms with Crippen LogP contribution >= 0.6 is 0 Å². The third kappa shape index (κ3) is 0.982. The van der Waals surface area contributed by atoms with Gasteiger partial charge < -0.3 is 9.97 Å². The van der Waals surface area contributed by atoms with E-state index in [-0.39, 0.29) is 5.56 Å². The van der Waals surface area contributed by atoms with Crippen LogP contribution in [0.3, 0.4) is 0 Å². The van der Waals surface area contributed by atoms with Crippen LogP contribution < -0.4 is 5.56 Å². The van der Waals surface area contributed by atoms with Crippen LogP contribution in [0, 0.1) is 11.3 Å². The second kappa shape index (κ2) is 2.94. The molecule has 0 atom stereocenters. The predicted octanol–water partition coefficient (Wildman–Crippen LogP) is 1.28. The lowest BCUT2D eigenvalue weighted by atomic mass is 10.1. The molecule has 5 heteroatoms. The molecule has 0 amide bonds. The van der Waals surface area contributed by atoms with Gasteiger partial charge in [-0.2, -0.15) is 5.26 Å². The van der Waals surface area contributed by atoms with Crippen LogP contribution in [0.25, 0.3) is 21.9 Å². The largest absolute Gasteiger partial charge is 0.349 e. The first-order valence-corrected chi connectivity index (χ1v) is 4.69. The van der Waals surface area contributed by atoms with Crippen molar-refractivity contribution in [1.82, 2.24) is 15.0 Å². The summed E-state index contributed by atoms with van der Waals surface area (Å²) < 4.78 is 0. The summed E-state index contributed by atoms with van der Waals surface area (Å²) in [5, 5.41) is 9.71. The van der Waals surface area contributed by atoms with E-state index in [2.05, 4.69) is 21.0 Å². The third-order valence-corrected chi connectivity index (χ3v) is 2.53. The summed E-state index contributed by atoms with van der Waals surface area (Å²) in [7, 11) is 0. The van der Waals surface area contributed by atoms with E-state index in [4.69, 9.17) is 5.26 Å². The van der Waals surface area contributed by atoms with E-state index in [1.54, 1.807) is 12.1 Å². The Bertz CT molecular complexity index is 791. The Morgan fingerprint density at radius 3 is 3.06 bits per heavy atom. The van der Waals surface area contributed by atoms with Crippen LogP contribution in [0.5, 0.6) is 0 Å². The van der Waals surface area contributed by atoms with Gasteiger partial charge >= 0.3 is 0 Å². The van der Waals surface area contributed by atoms with Crippen LogP contribution in [0.1, 0.15) is 5.56 Å². The minimum Gasteiger partial charge on any atom is -0.349 e. The summed E-state index contributed by atoms with van der Waals surface area (Å²) in [5.41, 5.74) is 1.97. The molecule has 3 aromatic rings. The zero-order valence-corrected chi connectivity index (χ0v) is 8.11. The Kier molecular flexibility index (Phi) is 1.59. The normalized spacial score (nSPS) is 10.7. The molecule has 0 aliphatic carbocycles. The van der Waals surface area contributed by atoms with Crippen LogP contribution in [-0.4, -0.2) is 15.0 Å². The zero-order valence-electron chi connectivity index (χ0n) is 8.11. The van der Waals surface area contributed by atoms with Crippen molar-refractivity contribution in [2.45, 2.75) is 0 Å². The van der Waals surface area contributed by atoms with Gasteiger partial charge in [-0.3, -0.25) is 4.79 Å². The number of benzene rings is 1. The Morgan fingerprint density at radius 2 is 2.25 bits per heavy atom. The number of rotatable bonds is 0. The van der Waals surface area contributed by atoms with Gasteiger partial charge in [-0.15, -0.1) is 0 Å². The van der Waals surface area contributed by atoms with E-state index in [1.807, 2.05) is 6.07 Å². The summed E-state index contributed by atoms with van der Waals surface area (Å²) in [5.74, 6) is 0. The van der Waals surface area contributed by atoms with Gasteiger partial charge in [-0.05, 0) is 12.1 Å². The van der Waals surface area contributed by atoms with Crippen molar-refractivity contribution in [1.29, 1.82) is 5.26 Å². The van der Waals surface area contributed by atoms with Gasteiger partial charge in [0.1, 0.15) is 11.0 Å². The molecule has 0 fully saturated rings. The number of nitrogens with zero attached hydrogens (tertiary/aromatic N) is 2. The van der Waals surface area contributed by atoms with Gasteiger partial charge in [0.2, 0.25) is 0 Å². The first-order valence-electron chi connectivity index (χ1n) is 4.69. The highest BCUT2D eigenvalue weighted by Crippen LogP contribution is 2.24. The van der Waals surface area contributed by atoms with Crippen molar-refractivity contribution in [3.05, 3.63) is 40.4 Å². The number of aromatic nitrogens is 3. The molecule has 0 aliphatic rings. The molecule has 2 N–H and O–H groups in total. The number of hydrogen-bond acceptors (Lipinski definition) is 3. The Labute approximate surface area is 89.4 Å². The van der Waals surface area contributed by atoms with E-state index in [0.717, 1.165) is 5.52 Å². The van der Waals surface area contributed by atoms with Gasteiger partial charge in [0.15, 0.2) is 0 Å². The molecule has 0 spiro atoms. The monoisotopic (exact) mass is 210 g/mol. The summed E-state index contributed by atoms with van der Waals surface area (Å²) >= 11 is 0. The lowest BCUT2D eigenvalue weighted by Crippen LogP contribution is -2.05. The van der Waals surface area contributed by atoms with Gasteiger partial charge in [0, 0.05) is 10.9 Å². The molecule has 0 saturated heterocycles. The molecule has 0 aliphatic heterocycles. The molecule has 16 heavy (non-hydrogen) atoms. The first kappa shape index (κ1) is 8.68. The molecule has 76 valence electrons. The Morgan fingerprint density at radius 1 is 1.38 bits per heavy atom. The molecule has 0 radical (unpaired) electrons. The highest BCUT2D eigenvalue weighted by atomic mass is 16.1. The number of H-pyrrole nitrogens is 2. The Balaban J connectivity index is 2.70. The predicted molar refractivity (Wildman–Crippen MR) is 58.9 cm³/mol. The highest BCUT2D eigenvalue weighted by Gasteiger charge is 2.11. The minimum absolute atomic E-state index is 0.231. The number of nitrogens with one attached hydrogen (secondary N) is 2. The zero-order chi connectivity index (χ0) is 11.1. The van der Waals surface area contributed by atoms with Crippen LogP contribution in [0.15, 0.2) is 29.3 Å². The first-order chi connectivity index (χ1) is 7.81. The summed E-state index contributed by atoms with van der Waals surface area (Å²) in [6.07, 6.45) is 1.34. The van der Waals surface area contributed by atoms with E-state index < -0.39 is 0 Å². The van der Waals surface area contributed by atoms with Gasteiger partial charge in [0.05, 0.1) is 18.0 Å². The number of aromatic amines is 2. The molecule has 1 aromatic carbocycles. The highest BCUT2D eigenvalue weighted by molar-refractivity contribution is 6.07. The molecular weight excluding hydrogens is 204 g/mol. The standard InChI is InChI=1S/C11H6N4O/c12-4-6-2-1-3-7-8(6)9-10(15-7)11(16)14-5-13-9/h1-3,5,15H,(H,13,14,16). The second-order valence-corrected chi connectivity index (χ2v) is 3.42. The molecule has 2 heterocycles. The van der Waals surface area contributed by atoms with E-state index >= 15 is 0 Å². The minimum atomic E-state index is -0.231. The van der Waals surface area contributed by atoms with Crippen LogP contribution in [0.2, 0.25) is 0 Å². The fraction of sp³-hybridized carbons (Fsp3) is 0. The maximum absolute atomic E-state index is 11.5. The van der Waals surface area contributed by atoms with E-state index in [0.29, 0.717) is 22.0 Å². The maximum Gasteiger partial charge on any atom is 0.275 e. The lowest BCUT2D eigenvalue weighted by Gasteiger charge is -1.92. The lowest BCUT2D eigenvalue weighted by molar-refractivity contribution is 1.17. The quantitative estimate of drug-likeness (QED) is 0.586.